The molecule has 0 saturated carbocycles. The Hall–Kier alpha value is -2.64. The van der Waals surface area contributed by atoms with Gasteiger partial charge in [0.15, 0.2) is 0 Å². The molecule has 0 bridgehead atoms. The number of carbonyl (C=O) groups is 2. The van der Waals surface area contributed by atoms with Gasteiger partial charge in [-0.2, -0.15) is 0 Å². The number of nitrogens with one attached hydrogen (secondary N) is 1. The Kier molecular flexibility index (Phi) is 5.45. The average Bonchev–Trinajstić information content (AvgIpc) is 2.37. The lowest BCUT2D eigenvalue weighted by Crippen LogP contribution is -2.15. The first kappa shape index (κ1) is 15.4. The molecular weight excluding hydrogens is 266 g/mol. The van der Waals surface area contributed by atoms with E-state index in [0.717, 1.165) is 6.07 Å². The van der Waals surface area contributed by atoms with Gasteiger partial charge in [-0.3, -0.25) is 19.7 Å². The standard InChI is InChI=1S/C12H15N3O5/c13-12(18)9-7-8(15(19)20)4-5-10(9)14-6-2-1-3-11(16)17/h4-5,7,14H,1-3,6H2,(H2,13,18)(H,16,17). The lowest BCUT2D eigenvalue weighted by Gasteiger charge is -2.09. The third-order valence-electron chi connectivity index (χ3n) is 2.61. The van der Waals surface area contributed by atoms with E-state index in [9.17, 15) is 19.7 Å². The van der Waals surface area contributed by atoms with Crippen LogP contribution in [0.2, 0.25) is 0 Å². The van der Waals surface area contributed by atoms with Crippen molar-refractivity contribution in [3.63, 3.8) is 0 Å². The molecule has 0 aliphatic heterocycles. The van der Waals surface area contributed by atoms with E-state index in [1.54, 1.807) is 0 Å². The molecule has 0 aliphatic carbocycles. The second-order valence-electron chi connectivity index (χ2n) is 4.13. The number of hydrogen-bond donors (Lipinski definition) is 3. The number of amides is 1. The van der Waals surface area contributed by atoms with Gasteiger partial charge in [0.05, 0.1) is 10.5 Å². The molecule has 0 atom stereocenters. The minimum absolute atomic E-state index is 0.0393. The van der Waals surface area contributed by atoms with Gasteiger partial charge in [0.25, 0.3) is 11.6 Å². The van der Waals surface area contributed by atoms with E-state index in [4.69, 9.17) is 10.8 Å². The number of carbonyl (C=O) groups excluding carboxylic acids is 1. The quantitative estimate of drug-likeness (QED) is 0.374. The van der Waals surface area contributed by atoms with E-state index in [2.05, 4.69) is 5.32 Å². The molecule has 0 unspecified atom stereocenters. The number of nitrogens with zero attached hydrogens (tertiary/aromatic N) is 1. The molecule has 1 rings (SSSR count). The molecule has 4 N–H and O–H groups in total. The SMILES string of the molecule is NC(=O)c1cc([N+](=O)[O-])ccc1NCCCCC(=O)O. The Morgan fingerprint density at radius 3 is 2.60 bits per heavy atom. The minimum Gasteiger partial charge on any atom is -0.481 e. The number of hydrogen-bond acceptors (Lipinski definition) is 5. The van der Waals surface area contributed by atoms with Crippen molar-refractivity contribution in [1.29, 1.82) is 0 Å². The zero-order valence-corrected chi connectivity index (χ0v) is 10.7. The van der Waals surface area contributed by atoms with Crippen LogP contribution in [0.3, 0.4) is 0 Å². The average molecular weight is 281 g/mol. The van der Waals surface area contributed by atoms with Crippen molar-refractivity contribution in [2.75, 3.05) is 11.9 Å². The van der Waals surface area contributed by atoms with Gasteiger partial charge in [-0.05, 0) is 18.9 Å². The summed E-state index contributed by atoms with van der Waals surface area (Å²) in [6, 6.07) is 3.80. The van der Waals surface area contributed by atoms with Crippen molar-refractivity contribution in [3.05, 3.63) is 33.9 Å². The molecule has 1 aromatic rings. The molecule has 0 aliphatic rings. The van der Waals surface area contributed by atoms with Crippen LogP contribution in [0.25, 0.3) is 0 Å². The first-order valence-corrected chi connectivity index (χ1v) is 5.95. The van der Waals surface area contributed by atoms with E-state index in [-0.39, 0.29) is 17.7 Å². The highest BCUT2D eigenvalue weighted by Crippen LogP contribution is 2.21. The second kappa shape index (κ2) is 7.07. The fraction of sp³-hybridized carbons (Fsp3) is 0.333. The van der Waals surface area contributed by atoms with E-state index >= 15 is 0 Å². The largest absolute Gasteiger partial charge is 0.481 e. The number of nitrogens with two attached hydrogens (primary N) is 1. The summed E-state index contributed by atoms with van der Waals surface area (Å²) < 4.78 is 0. The van der Waals surface area contributed by atoms with Crippen molar-refractivity contribution in [2.24, 2.45) is 5.73 Å². The van der Waals surface area contributed by atoms with Crippen LogP contribution in [0.5, 0.6) is 0 Å². The number of aliphatic carboxylic acids is 1. The number of nitro benzene ring substituents is 1. The first-order chi connectivity index (χ1) is 9.41. The van der Waals surface area contributed by atoms with Gasteiger partial charge in [0.1, 0.15) is 0 Å². The smallest absolute Gasteiger partial charge is 0.303 e. The molecule has 0 fully saturated rings. The summed E-state index contributed by atoms with van der Waals surface area (Å²) in [7, 11) is 0. The Bertz CT molecular complexity index is 530. The van der Waals surface area contributed by atoms with E-state index < -0.39 is 16.8 Å². The lowest BCUT2D eigenvalue weighted by molar-refractivity contribution is -0.384. The van der Waals surface area contributed by atoms with Crippen molar-refractivity contribution >= 4 is 23.3 Å². The minimum atomic E-state index is -0.863. The summed E-state index contributed by atoms with van der Waals surface area (Å²) in [5, 5.41) is 22.0. The van der Waals surface area contributed by atoms with Gasteiger partial charge >= 0.3 is 5.97 Å². The van der Waals surface area contributed by atoms with Crippen molar-refractivity contribution in [2.45, 2.75) is 19.3 Å². The number of anilines is 1. The van der Waals surface area contributed by atoms with Gasteiger partial charge in [-0.25, -0.2) is 0 Å². The van der Waals surface area contributed by atoms with Crippen LogP contribution in [-0.2, 0) is 4.79 Å². The first-order valence-electron chi connectivity index (χ1n) is 5.95. The molecule has 108 valence electrons. The Morgan fingerprint density at radius 2 is 2.05 bits per heavy atom. The van der Waals surface area contributed by atoms with Gasteiger partial charge in [-0.15, -0.1) is 0 Å². The zero-order valence-electron chi connectivity index (χ0n) is 10.7. The van der Waals surface area contributed by atoms with Crippen LogP contribution in [0.4, 0.5) is 11.4 Å². The van der Waals surface area contributed by atoms with Crippen molar-refractivity contribution < 1.29 is 19.6 Å². The van der Waals surface area contributed by atoms with Crippen molar-refractivity contribution in [1.82, 2.24) is 0 Å². The van der Waals surface area contributed by atoms with Crippen LogP contribution >= 0.6 is 0 Å². The molecule has 0 spiro atoms. The molecule has 0 heterocycles. The normalized spacial score (nSPS) is 10.0. The molecule has 0 saturated heterocycles. The molecule has 1 amide bonds. The molecular formula is C12H15N3O5. The van der Waals surface area contributed by atoms with Gasteiger partial charge < -0.3 is 16.2 Å². The molecule has 0 aromatic heterocycles. The highest BCUT2D eigenvalue weighted by Gasteiger charge is 2.14. The number of unbranched alkanes of at least 4 members (excludes halogenated alkanes) is 1. The summed E-state index contributed by atoms with van der Waals surface area (Å²) in [6.45, 7) is 0.450. The van der Waals surface area contributed by atoms with E-state index in [1.807, 2.05) is 0 Å². The van der Waals surface area contributed by atoms with Crippen LogP contribution in [0.15, 0.2) is 18.2 Å². The van der Waals surface area contributed by atoms with Gasteiger partial charge in [-0.1, -0.05) is 0 Å². The van der Waals surface area contributed by atoms with Gasteiger partial charge in [0.2, 0.25) is 0 Å². The topological polar surface area (TPSA) is 136 Å². The maximum atomic E-state index is 11.3. The van der Waals surface area contributed by atoms with Crippen LogP contribution < -0.4 is 11.1 Å². The monoisotopic (exact) mass is 281 g/mol. The fourth-order valence-electron chi connectivity index (χ4n) is 1.63. The number of rotatable bonds is 8. The third kappa shape index (κ3) is 4.56. The highest BCUT2D eigenvalue weighted by molar-refractivity contribution is 5.99. The number of carboxylic acids is 1. The molecule has 20 heavy (non-hydrogen) atoms. The summed E-state index contributed by atoms with van der Waals surface area (Å²) >= 11 is 0. The van der Waals surface area contributed by atoms with E-state index in [1.165, 1.54) is 12.1 Å². The summed E-state index contributed by atoms with van der Waals surface area (Å²) in [4.78, 5) is 31.6. The number of non-ortho nitro benzene ring substituents is 1. The summed E-state index contributed by atoms with van der Waals surface area (Å²) in [6.07, 6.45) is 1.17. The van der Waals surface area contributed by atoms with Crippen LogP contribution in [0.1, 0.15) is 29.6 Å². The number of benzene rings is 1. The Morgan fingerprint density at radius 1 is 1.35 bits per heavy atom. The number of carboxylic acid groups (broad SMARTS) is 1. The predicted molar refractivity (Wildman–Crippen MR) is 71.6 cm³/mol. The maximum Gasteiger partial charge on any atom is 0.303 e. The molecule has 0 radical (unpaired) electrons. The van der Waals surface area contributed by atoms with E-state index in [0.29, 0.717) is 25.1 Å². The molecule has 8 nitrogen and oxygen atoms in total. The van der Waals surface area contributed by atoms with Crippen LogP contribution in [-0.4, -0.2) is 28.5 Å². The fourth-order valence-corrected chi connectivity index (χ4v) is 1.63. The Balaban J connectivity index is 2.67. The predicted octanol–water partition coefficient (Wildman–Crippen LogP) is 1.36. The highest BCUT2D eigenvalue weighted by atomic mass is 16.6. The van der Waals surface area contributed by atoms with Gasteiger partial charge in [0, 0.05) is 30.8 Å². The number of primary amides is 1. The molecule has 1 aromatic carbocycles. The van der Waals surface area contributed by atoms with Crippen molar-refractivity contribution in [3.8, 4) is 0 Å². The number of nitro groups is 1. The summed E-state index contributed by atoms with van der Waals surface area (Å²) in [5.74, 6) is -1.63. The Labute approximate surface area is 114 Å². The zero-order chi connectivity index (χ0) is 15.1. The van der Waals surface area contributed by atoms with Crippen LogP contribution in [0, 0.1) is 10.1 Å². The third-order valence-corrected chi connectivity index (χ3v) is 2.61. The second-order valence-corrected chi connectivity index (χ2v) is 4.13. The maximum absolute atomic E-state index is 11.3. The molecule has 8 heteroatoms. The summed E-state index contributed by atoms with van der Waals surface area (Å²) in [5.41, 5.74) is 5.40. The lowest BCUT2D eigenvalue weighted by atomic mass is 10.1.